The van der Waals surface area contributed by atoms with E-state index in [0.717, 1.165) is 10.9 Å². The molecule has 0 aliphatic carbocycles. The lowest BCUT2D eigenvalue weighted by Crippen LogP contribution is -2.34. The van der Waals surface area contributed by atoms with E-state index in [2.05, 4.69) is 10.3 Å². The molecule has 8 heteroatoms. The summed E-state index contributed by atoms with van der Waals surface area (Å²) in [6, 6.07) is 19.5. The molecule has 0 saturated heterocycles. The Kier molecular flexibility index (Phi) is 6.49. The molecule has 4 rings (SSSR count). The number of amidine groups is 1. The van der Waals surface area contributed by atoms with Gasteiger partial charge >= 0.3 is 0 Å². The fourth-order valence-electron chi connectivity index (χ4n) is 3.48. The van der Waals surface area contributed by atoms with E-state index in [1.54, 1.807) is 60.7 Å². The molecule has 3 aromatic carbocycles. The standard InChI is InChI=1S/C25H20Cl2N4O2/c1-31-12-11-16-13-18(7-10-21(16)31)24(32)29-22(15-5-8-19(26)9-6-15)25(33)30-23(28)17-3-2-4-20(27)14-17/h2-14,22H,1H3,(H,29,32)(H2,28,30,33). The monoisotopic (exact) mass is 478 g/mol. The highest BCUT2D eigenvalue weighted by molar-refractivity contribution is 6.31. The van der Waals surface area contributed by atoms with E-state index in [9.17, 15) is 9.59 Å². The minimum absolute atomic E-state index is 0.00131. The van der Waals surface area contributed by atoms with Gasteiger partial charge in [-0.25, -0.2) is 0 Å². The van der Waals surface area contributed by atoms with Crippen molar-refractivity contribution in [3.05, 3.63) is 106 Å². The number of rotatable bonds is 5. The van der Waals surface area contributed by atoms with Crippen molar-refractivity contribution in [2.45, 2.75) is 6.04 Å². The van der Waals surface area contributed by atoms with E-state index in [1.165, 1.54) is 0 Å². The molecule has 166 valence electrons. The molecule has 33 heavy (non-hydrogen) atoms. The van der Waals surface area contributed by atoms with Gasteiger partial charge in [0.15, 0.2) is 0 Å². The minimum Gasteiger partial charge on any atom is -0.383 e. The number of nitrogens with two attached hydrogens (primary N) is 1. The Bertz CT molecular complexity index is 1380. The van der Waals surface area contributed by atoms with Crippen LogP contribution in [-0.2, 0) is 11.8 Å². The van der Waals surface area contributed by atoms with Crippen LogP contribution in [0.4, 0.5) is 0 Å². The number of aryl methyl sites for hydroxylation is 1. The van der Waals surface area contributed by atoms with E-state index < -0.39 is 17.9 Å². The van der Waals surface area contributed by atoms with Gasteiger partial charge < -0.3 is 15.6 Å². The molecule has 0 aliphatic heterocycles. The lowest BCUT2D eigenvalue weighted by Gasteiger charge is -2.17. The SMILES string of the molecule is Cn1ccc2cc(C(=O)NC(C(=O)N=C(N)c3cccc(Cl)c3)c3ccc(Cl)cc3)ccc21. The van der Waals surface area contributed by atoms with Gasteiger partial charge in [-0.05, 0) is 54.1 Å². The fraction of sp³-hybridized carbons (Fsp3) is 0.0800. The Morgan fingerprint density at radius 3 is 2.42 bits per heavy atom. The second-order valence-corrected chi connectivity index (χ2v) is 8.38. The molecule has 6 nitrogen and oxygen atoms in total. The number of nitrogens with zero attached hydrogens (tertiary/aromatic N) is 2. The fourth-order valence-corrected chi connectivity index (χ4v) is 3.79. The maximum atomic E-state index is 13.1. The van der Waals surface area contributed by atoms with E-state index in [1.807, 2.05) is 29.9 Å². The van der Waals surface area contributed by atoms with Crippen molar-refractivity contribution < 1.29 is 9.59 Å². The van der Waals surface area contributed by atoms with Gasteiger partial charge in [0.05, 0.1) is 0 Å². The summed E-state index contributed by atoms with van der Waals surface area (Å²) in [7, 11) is 1.93. The number of hydrogen-bond donors (Lipinski definition) is 2. The summed E-state index contributed by atoms with van der Waals surface area (Å²) in [4.78, 5) is 30.2. The lowest BCUT2D eigenvalue weighted by atomic mass is 10.0. The zero-order chi connectivity index (χ0) is 23.5. The first kappa shape index (κ1) is 22.6. The largest absolute Gasteiger partial charge is 0.383 e. The van der Waals surface area contributed by atoms with Crippen LogP contribution in [0.25, 0.3) is 10.9 Å². The number of hydrogen-bond acceptors (Lipinski definition) is 2. The van der Waals surface area contributed by atoms with Crippen LogP contribution in [0.3, 0.4) is 0 Å². The summed E-state index contributed by atoms with van der Waals surface area (Å²) in [5.74, 6) is -1.03. The molecule has 0 aliphatic rings. The average molecular weight is 479 g/mol. The summed E-state index contributed by atoms with van der Waals surface area (Å²) in [5.41, 5.74) is 8.50. The third kappa shape index (κ3) is 5.08. The molecule has 0 spiro atoms. The smallest absolute Gasteiger partial charge is 0.274 e. The Morgan fingerprint density at radius 2 is 1.70 bits per heavy atom. The maximum absolute atomic E-state index is 13.1. The molecule has 2 amide bonds. The Hall–Kier alpha value is -3.61. The van der Waals surface area contributed by atoms with Gasteiger partial charge in [-0.15, -0.1) is 0 Å². The number of carbonyl (C=O) groups excluding carboxylic acids is 2. The van der Waals surface area contributed by atoms with Crippen molar-refractivity contribution in [2.75, 3.05) is 0 Å². The topological polar surface area (TPSA) is 89.5 Å². The minimum atomic E-state index is -1.06. The molecule has 1 aromatic heterocycles. The summed E-state index contributed by atoms with van der Waals surface area (Å²) >= 11 is 12.0. The van der Waals surface area contributed by atoms with Crippen LogP contribution in [-0.4, -0.2) is 22.2 Å². The van der Waals surface area contributed by atoms with Crippen LogP contribution < -0.4 is 11.1 Å². The van der Waals surface area contributed by atoms with Crippen molar-refractivity contribution in [2.24, 2.45) is 17.8 Å². The van der Waals surface area contributed by atoms with Crippen molar-refractivity contribution in [3.8, 4) is 0 Å². The Labute approximate surface area is 200 Å². The highest BCUT2D eigenvalue weighted by Crippen LogP contribution is 2.21. The number of carbonyl (C=O) groups is 2. The van der Waals surface area contributed by atoms with Gasteiger partial charge in [-0.2, -0.15) is 4.99 Å². The van der Waals surface area contributed by atoms with Crippen LogP contribution in [0.5, 0.6) is 0 Å². The number of benzene rings is 3. The van der Waals surface area contributed by atoms with Gasteiger partial charge in [0.2, 0.25) is 0 Å². The Balaban J connectivity index is 1.65. The van der Waals surface area contributed by atoms with Gasteiger partial charge in [-0.1, -0.05) is 47.5 Å². The predicted octanol–water partition coefficient (Wildman–Crippen LogP) is 4.89. The third-order valence-electron chi connectivity index (χ3n) is 5.22. The zero-order valence-corrected chi connectivity index (χ0v) is 19.1. The van der Waals surface area contributed by atoms with Crippen LogP contribution in [0.15, 0.2) is 84.0 Å². The zero-order valence-electron chi connectivity index (χ0n) is 17.6. The van der Waals surface area contributed by atoms with E-state index in [4.69, 9.17) is 28.9 Å². The summed E-state index contributed by atoms with van der Waals surface area (Å²) in [6.07, 6.45) is 1.92. The summed E-state index contributed by atoms with van der Waals surface area (Å²) in [6.45, 7) is 0. The number of nitrogens with one attached hydrogen (secondary N) is 1. The van der Waals surface area contributed by atoms with Crippen LogP contribution in [0.2, 0.25) is 10.0 Å². The third-order valence-corrected chi connectivity index (χ3v) is 5.71. The first-order valence-corrected chi connectivity index (χ1v) is 10.8. The average Bonchev–Trinajstić information content (AvgIpc) is 3.18. The number of aromatic nitrogens is 1. The van der Waals surface area contributed by atoms with Gasteiger partial charge in [0.25, 0.3) is 11.8 Å². The number of fused-ring (bicyclic) bond motifs is 1. The lowest BCUT2D eigenvalue weighted by molar-refractivity contribution is -0.119. The van der Waals surface area contributed by atoms with E-state index >= 15 is 0 Å². The quantitative estimate of drug-likeness (QED) is 0.316. The summed E-state index contributed by atoms with van der Waals surface area (Å²) in [5, 5.41) is 4.68. The number of aliphatic imine (C=N–C) groups is 1. The van der Waals surface area contributed by atoms with Crippen molar-refractivity contribution in [1.29, 1.82) is 0 Å². The molecular formula is C25H20Cl2N4O2. The van der Waals surface area contributed by atoms with Crippen LogP contribution in [0.1, 0.15) is 27.5 Å². The molecule has 0 radical (unpaired) electrons. The highest BCUT2D eigenvalue weighted by Gasteiger charge is 2.24. The van der Waals surface area contributed by atoms with E-state index in [0.29, 0.717) is 26.7 Å². The number of amides is 2. The molecule has 0 fully saturated rings. The molecule has 3 N–H and O–H groups in total. The molecule has 1 heterocycles. The number of halogens is 2. The first-order chi connectivity index (χ1) is 15.8. The molecule has 1 unspecified atom stereocenters. The van der Waals surface area contributed by atoms with Crippen LogP contribution >= 0.6 is 23.2 Å². The maximum Gasteiger partial charge on any atom is 0.274 e. The molecular weight excluding hydrogens is 459 g/mol. The van der Waals surface area contributed by atoms with Crippen molar-refractivity contribution in [3.63, 3.8) is 0 Å². The second-order valence-electron chi connectivity index (χ2n) is 7.50. The Morgan fingerprint density at radius 1 is 0.939 bits per heavy atom. The van der Waals surface area contributed by atoms with Gasteiger partial charge in [0.1, 0.15) is 11.9 Å². The summed E-state index contributed by atoms with van der Waals surface area (Å²) < 4.78 is 1.96. The van der Waals surface area contributed by atoms with Gasteiger partial charge in [0, 0.05) is 45.3 Å². The van der Waals surface area contributed by atoms with Crippen molar-refractivity contribution >= 4 is 51.8 Å². The molecule has 0 bridgehead atoms. The normalized spacial score (nSPS) is 12.5. The molecule has 4 aromatic rings. The highest BCUT2D eigenvalue weighted by atomic mass is 35.5. The van der Waals surface area contributed by atoms with E-state index in [-0.39, 0.29) is 5.84 Å². The second kappa shape index (κ2) is 9.48. The van der Waals surface area contributed by atoms with Crippen molar-refractivity contribution in [1.82, 2.24) is 9.88 Å². The van der Waals surface area contributed by atoms with Crippen LogP contribution in [0, 0.1) is 0 Å². The first-order valence-electron chi connectivity index (χ1n) is 10.1. The van der Waals surface area contributed by atoms with Gasteiger partial charge in [-0.3, -0.25) is 9.59 Å². The predicted molar refractivity (Wildman–Crippen MR) is 132 cm³/mol. The molecule has 1 atom stereocenters. The molecule has 0 saturated carbocycles.